The number of aryl methyl sites for hydroxylation is 1. The molecule has 320 valence electrons. The highest BCUT2D eigenvalue weighted by Crippen LogP contribution is 2.34. The first-order valence-corrected chi connectivity index (χ1v) is 21.3. The molecule has 2 N–H and O–H groups in total. The van der Waals surface area contributed by atoms with Gasteiger partial charge in [-0.2, -0.15) is 32.8 Å². The molecule has 5 aromatic rings. The summed E-state index contributed by atoms with van der Waals surface area (Å²) in [5, 5.41) is 20.9. The van der Waals surface area contributed by atoms with Crippen molar-refractivity contribution >= 4 is 55.7 Å². The van der Waals surface area contributed by atoms with E-state index in [0.717, 1.165) is 42.9 Å². The Morgan fingerprint density at radius 2 is 1.75 bits per heavy atom. The van der Waals surface area contributed by atoms with E-state index in [-0.39, 0.29) is 77.8 Å². The zero-order valence-electron chi connectivity index (χ0n) is 33.1. The van der Waals surface area contributed by atoms with Gasteiger partial charge >= 0.3 is 12.2 Å². The number of piperidine rings is 2. The highest BCUT2D eigenvalue weighted by Gasteiger charge is 2.33. The Labute approximate surface area is 347 Å². The number of hydrogen-bond donors (Lipinski definition) is 2. The van der Waals surface area contributed by atoms with Crippen LogP contribution in [0.1, 0.15) is 49.1 Å². The molecule has 3 aromatic heterocycles. The fourth-order valence-electron chi connectivity index (χ4n) is 8.17. The molecule has 2 aromatic carbocycles. The molecule has 17 nitrogen and oxygen atoms in total. The Bertz CT molecular complexity index is 2720. The van der Waals surface area contributed by atoms with Crippen LogP contribution < -0.4 is 25.8 Å². The lowest BCUT2D eigenvalue weighted by atomic mass is 9.89. The minimum Gasteiger partial charge on any atom is -0.491 e. The van der Waals surface area contributed by atoms with E-state index in [9.17, 15) is 41.2 Å². The predicted octanol–water partition coefficient (Wildman–Crippen LogP) is 4.08. The Morgan fingerprint density at radius 1 is 0.984 bits per heavy atom. The number of rotatable bonds is 11. The van der Waals surface area contributed by atoms with Crippen molar-refractivity contribution < 1.29 is 35.9 Å². The Balaban J connectivity index is 0.843. The number of anilines is 2. The third kappa shape index (κ3) is 8.87. The summed E-state index contributed by atoms with van der Waals surface area (Å²) in [6.45, 7) is 1.46. The van der Waals surface area contributed by atoms with Gasteiger partial charge in [0.25, 0.3) is 5.56 Å². The second kappa shape index (κ2) is 16.7. The van der Waals surface area contributed by atoms with Crippen molar-refractivity contribution in [2.75, 3.05) is 56.1 Å². The van der Waals surface area contributed by atoms with Gasteiger partial charge in [-0.3, -0.25) is 34.0 Å². The van der Waals surface area contributed by atoms with Gasteiger partial charge in [0.1, 0.15) is 30.6 Å². The van der Waals surface area contributed by atoms with Gasteiger partial charge in [-0.15, -0.1) is 0 Å². The molecular weight excluding hydrogens is 820 g/mol. The fraction of sp³-hybridized carbons (Fsp3) is 0.425. The van der Waals surface area contributed by atoms with Crippen molar-refractivity contribution in [1.82, 2.24) is 38.8 Å². The number of amides is 3. The van der Waals surface area contributed by atoms with Gasteiger partial charge in [-0.25, -0.2) is 18.2 Å². The van der Waals surface area contributed by atoms with Gasteiger partial charge in [0.05, 0.1) is 16.0 Å². The van der Waals surface area contributed by atoms with Crippen LogP contribution in [0.3, 0.4) is 0 Å². The summed E-state index contributed by atoms with van der Waals surface area (Å²) in [6, 6.07) is 14.1. The number of nitriles is 1. The van der Waals surface area contributed by atoms with Crippen LogP contribution in [-0.4, -0.2) is 112 Å². The molecule has 0 saturated carbocycles. The van der Waals surface area contributed by atoms with E-state index in [2.05, 4.69) is 48.8 Å². The standard InChI is InChI=1S/C40H42F3N11O6S/c1-50-32-20-26(3-6-31(32)37(49-50)53-17-12-34(55)47-39(53)57)25-8-13-51(14-9-25)18-19-60-33-21-30(5-2-27(33)22-44)61(58,59)52-15-10-29(11-16-52)46-38-45-23-28-4-7-35(56)54(36(28)48-38)24-40(41,42)43/h2-7,20-21,23,25,29H,8-19,24H2,1H3,(H,45,46,48)(H,47,55,57). The molecule has 3 fully saturated rings. The topological polar surface area (TPSA) is 201 Å². The first kappa shape index (κ1) is 41.6. The number of sulfonamides is 1. The monoisotopic (exact) mass is 861 g/mol. The second-order valence-corrected chi connectivity index (χ2v) is 17.3. The number of alkyl halides is 3. The average Bonchev–Trinajstić information content (AvgIpc) is 3.56. The molecule has 0 bridgehead atoms. The van der Waals surface area contributed by atoms with Gasteiger partial charge in [0.2, 0.25) is 21.9 Å². The van der Waals surface area contributed by atoms with Crippen molar-refractivity contribution in [2.24, 2.45) is 7.05 Å². The highest BCUT2D eigenvalue weighted by molar-refractivity contribution is 7.89. The van der Waals surface area contributed by atoms with E-state index < -0.39 is 34.3 Å². The van der Waals surface area contributed by atoms with E-state index in [1.54, 1.807) is 4.68 Å². The third-order valence-corrected chi connectivity index (χ3v) is 13.3. The van der Waals surface area contributed by atoms with Gasteiger partial charge < -0.3 is 10.1 Å². The maximum absolute atomic E-state index is 13.8. The molecule has 0 aliphatic carbocycles. The van der Waals surface area contributed by atoms with Crippen LogP contribution in [0, 0.1) is 11.3 Å². The number of halogens is 3. The van der Waals surface area contributed by atoms with Crippen molar-refractivity contribution in [3.05, 3.63) is 76.2 Å². The zero-order chi connectivity index (χ0) is 43.1. The SMILES string of the molecule is Cn1nc(N2CCC(=O)NC2=O)c2ccc(C3CCN(CCOc4cc(S(=O)(=O)N5CCC(Nc6ncc7ccc(=O)n(CC(F)(F)F)c7n6)CC5)ccc4C#N)CC3)cc21. The van der Waals surface area contributed by atoms with E-state index in [1.807, 2.05) is 13.1 Å². The molecule has 3 aliphatic rings. The number of imide groups is 1. The van der Waals surface area contributed by atoms with Crippen molar-refractivity contribution in [3.63, 3.8) is 0 Å². The number of fused-ring (bicyclic) bond motifs is 2. The molecule has 0 spiro atoms. The van der Waals surface area contributed by atoms with Gasteiger partial charge in [-0.1, -0.05) is 6.07 Å². The number of carbonyl (C=O) groups excluding carboxylic acids is 2. The summed E-state index contributed by atoms with van der Waals surface area (Å²) in [5.74, 6) is 0.723. The third-order valence-electron chi connectivity index (χ3n) is 11.4. The van der Waals surface area contributed by atoms with Crippen molar-refractivity contribution in [2.45, 2.75) is 61.7 Å². The lowest BCUT2D eigenvalue weighted by Gasteiger charge is -2.32. The van der Waals surface area contributed by atoms with E-state index in [0.29, 0.717) is 35.7 Å². The summed E-state index contributed by atoms with van der Waals surface area (Å²) < 4.78 is 76.8. The minimum absolute atomic E-state index is 0.0129. The molecule has 3 saturated heterocycles. The Hall–Kier alpha value is -6.11. The van der Waals surface area contributed by atoms with Crippen LogP contribution in [0.4, 0.5) is 29.7 Å². The summed E-state index contributed by atoms with van der Waals surface area (Å²) in [6.07, 6.45) is -0.593. The molecule has 0 radical (unpaired) electrons. The highest BCUT2D eigenvalue weighted by atomic mass is 32.2. The molecule has 0 atom stereocenters. The van der Waals surface area contributed by atoms with Gasteiger partial charge in [0.15, 0.2) is 5.82 Å². The number of hydrogen-bond acceptors (Lipinski definition) is 12. The first-order chi connectivity index (χ1) is 29.2. The minimum atomic E-state index is -4.63. The predicted molar refractivity (Wildman–Crippen MR) is 217 cm³/mol. The quantitative estimate of drug-likeness (QED) is 0.193. The average molecular weight is 862 g/mol. The summed E-state index contributed by atoms with van der Waals surface area (Å²) in [4.78, 5) is 48.5. The summed E-state index contributed by atoms with van der Waals surface area (Å²) in [7, 11) is -2.14. The van der Waals surface area contributed by atoms with Crippen LogP contribution in [0.25, 0.3) is 21.9 Å². The van der Waals surface area contributed by atoms with E-state index in [4.69, 9.17) is 4.74 Å². The molecule has 21 heteroatoms. The number of carbonyl (C=O) groups is 2. The van der Waals surface area contributed by atoms with E-state index in [1.165, 1.54) is 45.2 Å². The number of urea groups is 1. The van der Waals surface area contributed by atoms with E-state index >= 15 is 0 Å². The molecule has 3 amide bonds. The second-order valence-electron chi connectivity index (χ2n) is 15.4. The van der Waals surface area contributed by atoms with Crippen LogP contribution in [0.2, 0.25) is 0 Å². The molecule has 61 heavy (non-hydrogen) atoms. The maximum Gasteiger partial charge on any atom is 0.406 e. The molecular formula is C40H42F3N11O6S. The largest absolute Gasteiger partial charge is 0.491 e. The van der Waals surface area contributed by atoms with Crippen LogP contribution >= 0.6 is 0 Å². The van der Waals surface area contributed by atoms with Crippen molar-refractivity contribution in [1.29, 1.82) is 5.26 Å². The normalized spacial score (nSPS) is 17.8. The van der Waals surface area contributed by atoms with Crippen molar-refractivity contribution in [3.8, 4) is 11.8 Å². The number of pyridine rings is 1. The molecule has 8 rings (SSSR count). The Kier molecular flexibility index (Phi) is 11.4. The first-order valence-electron chi connectivity index (χ1n) is 19.8. The smallest absolute Gasteiger partial charge is 0.406 e. The molecule has 3 aliphatic heterocycles. The zero-order valence-corrected chi connectivity index (χ0v) is 33.9. The number of ether oxygens (including phenoxy) is 1. The number of benzene rings is 2. The lowest BCUT2D eigenvalue weighted by molar-refractivity contribution is -0.140. The Morgan fingerprint density at radius 3 is 2.48 bits per heavy atom. The van der Waals surface area contributed by atoms with Crippen LogP contribution in [-0.2, 0) is 28.4 Å². The number of aromatic nitrogens is 5. The lowest BCUT2D eigenvalue weighted by Crippen LogP contribution is -2.49. The van der Waals surface area contributed by atoms with Gasteiger partial charge in [-0.05, 0) is 80.6 Å². The summed E-state index contributed by atoms with van der Waals surface area (Å²) >= 11 is 0. The summed E-state index contributed by atoms with van der Waals surface area (Å²) in [5.41, 5.74) is 1.27. The molecule has 6 heterocycles. The number of nitrogens with one attached hydrogen (secondary N) is 2. The number of likely N-dealkylation sites (tertiary alicyclic amines) is 1. The fourth-order valence-corrected chi connectivity index (χ4v) is 9.66. The van der Waals surface area contributed by atoms with Crippen LogP contribution in [0.15, 0.2) is 64.4 Å². The number of nitrogens with zero attached hydrogens (tertiary/aromatic N) is 9. The maximum atomic E-state index is 13.8. The van der Waals surface area contributed by atoms with Gasteiger partial charge in [0, 0.05) is 74.8 Å². The van der Waals surface area contributed by atoms with Crippen LogP contribution in [0.5, 0.6) is 5.75 Å². The molecule has 0 unspecified atom stereocenters.